The zero-order chi connectivity index (χ0) is 13.8. The van der Waals surface area contributed by atoms with Crippen LogP contribution in [0.1, 0.15) is 0 Å². The molecule has 2 N–H and O–H groups in total. The molecule has 2 aromatic rings. The number of nitrogens with one attached hydrogen (secondary N) is 2. The molecule has 0 saturated carbocycles. The van der Waals surface area contributed by atoms with Crippen LogP contribution in [-0.4, -0.2) is 30.3 Å². The maximum atomic E-state index is 11.6. The van der Waals surface area contributed by atoms with E-state index in [0.717, 1.165) is 5.75 Å². The Labute approximate surface area is 119 Å². The van der Waals surface area contributed by atoms with Gasteiger partial charge in [-0.2, -0.15) is 0 Å². The van der Waals surface area contributed by atoms with E-state index in [2.05, 4.69) is 15.6 Å². The first-order valence-corrected chi connectivity index (χ1v) is 7.02. The van der Waals surface area contributed by atoms with Crippen molar-refractivity contribution in [2.45, 2.75) is 6.10 Å². The largest absolute Gasteiger partial charge is 0.486 e. The maximum Gasteiger partial charge on any atom is 0.321 e. The molecule has 1 aliphatic rings. The molecule has 1 aromatic heterocycles. The van der Waals surface area contributed by atoms with Crippen molar-refractivity contribution in [3.05, 3.63) is 35.8 Å². The number of carbonyl (C=O) groups excluding carboxylic acids is 1. The van der Waals surface area contributed by atoms with Crippen LogP contribution in [0.25, 0.3) is 0 Å². The predicted octanol–water partition coefficient (Wildman–Crippen LogP) is 2.10. The molecule has 2 heterocycles. The van der Waals surface area contributed by atoms with Crippen molar-refractivity contribution >= 4 is 22.5 Å². The molecule has 0 bridgehead atoms. The van der Waals surface area contributed by atoms with E-state index in [0.29, 0.717) is 24.0 Å². The number of para-hydroxylation sites is 2. The smallest absolute Gasteiger partial charge is 0.321 e. The van der Waals surface area contributed by atoms with E-state index in [1.807, 2.05) is 24.3 Å². The van der Waals surface area contributed by atoms with E-state index < -0.39 is 0 Å². The van der Waals surface area contributed by atoms with Gasteiger partial charge in [0.15, 0.2) is 22.7 Å². The van der Waals surface area contributed by atoms with Crippen molar-refractivity contribution in [2.75, 3.05) is 18.5 Å². The Morgan fingerprint density at radius 2 is 2.25 bits per heavy atom. The zero-order valence-corrected chi connectivity index (χ0v) is 11.4. The third-order valence-corrected chi connectivity index (χ3v) is 3.40. The minimum Gasteiger partial charge on any atom is -0.486 e. The number of rotatable bonds is 3. The predicted molar refractivity (Wildman–Crippen MR) is 75.5 cm³/mol. The molecule has 0 fully saturated rings. The molecule has 0 spiro atoms. The van der Waals surface area contributed by atoms with Gasteiger partial charge in [-0.25, -0.2) is 9.78 Å². The fourth-order valence-corrected chi connectivity index (χ4v) is 2.32. The lowest BCUT2D eigenvalue weighted by Crippen LogP contribution is -2.42. The molecule has 1 aromatic carbocycles. The molecule has 6 nitrogen and oxygen atoms in total. The average molecular weight is 291 g/mol. The summed E-state index contributed by atoms with van der Waals surface area (Å²) in [4.78, 5) is 15.6. The van der Waals surface area contributed by atoms with Gasteiger partial charge < -0.3 is 14.8 Å². The van der Waals surface area contributed by atoms with Crippen molar-refractivity contribution in [3.63, 3.8) is 0 Å². The molecule has 1 atom stereocenters. The average Bonchev–Trinajstić information content (AvgIpc) is 2.98. The molecule has 2 amide bonds. The van der Waals surface area contributed by atoms with Crippen LogP contribution in [0.3, 0.4) is 0 Å². The number of carbonyl (C=O) groups is 1. The Morgan fingerprint density at radius 3 is 3.05 bits per heavy atom. The fourth-order valence-electron chi connectivity index (χ4n) is 1.80. The molecular formula is C13H13N3O3S. The van der Waals surface area contributed by atoms with Gasteiger partial charge in [0.25, 0.3) is 0 Å². The second-order valence-electron chi connectivity index (χ2n) is 4.17. The van der Waals surface area contributed by atoms with Gasteiger partial charge in [0.1, 0.15) is 6.61 Å². The Hall–Kier alpha value is -2.28. The molecule has 20 heavy (non-hydrogen) atoms. The molecule has 0 radical (unpaired) electrons. The van der Waals surface area contributed by atoms with Gasteiger partial charge in [0, 0.05) is 11.6 Å². The number of aromatic nitrogens is 1. The highest BCUT2D eigenvalue weighted by Crippen LogP contribution is 2.30. The lowest BCUT2D eigenvalue weighted by molar-refractivity contribution is 0.0922. The Kier molecular flexibility index (Phi) is 3.69. The van der Waals surface area contributed by atoms with E-state index in [1.54, 1.807) is 11.6 Å². The van der Waals surface area contributed by atoms with Crippen LogP contribution in [0.4, 0.5) is 9.93 Å². The SMILES string of the molecule is O=C(NC[C@H]1COc2ccccc2O1)Nc1nccs1. The minimum absolute atomic E-state index is 0.202. The Morgan fingerprint density at radius 1 is 1.40 bits per heavy atom. The van der Waals surface area contributed by atoms with Crippen LogP contribution in [0, 0.1) is 0 Å². The monoisotopic (exact) mass is 291 g/mol. The quantitative estimate of drug-likeness (QED) is 0.908. The van der Waals surface area contributed by atoms with E-state index in [4.69, 9.17) is 9.47 Å². The number of amides is 2. The first-order chi connectivity index (χ1) is 9.81. The zero-order valence-electron chi connectivity index (χ0n) is 10.5. The van der Waals surface area contributed by atoms with Gasteiger partial charge in [-0.15, -0.1) is 11.3 Å². The van der Waals surface area contributed by atoms with Crippen molar-refractivity contribution < 1.29 is 14.3 Å². The Balaban J connectivity index is 1.49. The first-order valence-electron chi connectivity index (χ1n) is 6.14. The van der Waals surface area contributed by atoms with Crippen molar-refractivity contribution in [3.8, 4) is 11.5 Å². The summed E-state index contributed by atoms with van der Waals surface area (Å²) in [6.07, 6.45) is 1.43. The summed E-state index contributed by atoms with van der Waals surface area (Å²) in [5, 5.41) is 7.73. The highest BCUT2D eigenvalue weighted by atomic mass is 32.1. The van der Waals surface area contributed by atoms with E-state index in [9.17, 15) is 4.79 Å². The number of ether oxygens (including phenoxy) is 2. The normalized spacial score (nSPS) is 16.5. The molecule has 104 valence electrons. The summed E-state index contributed by atoms with van der Waals surface area (Å²) in [6.45, 7) is 0.778. The van der Waals surface area contributed by atoms with Crippen LogP contribution >= 0.6 is 11.3 Å². The van der Waals surface area contributed by atoms with Crippen LogP contribution in [0.15, 0.2) is 35.8 Å². The molecule has 0 saturated heterocycles. The molecular weight excluding hydrogens is 278 g/mol. The fraction of sp³-hybridized carbons (Fsp3) is 0.231. The summed E-state index contributed by atoms with van der Waals surface area (Å²) in [5.74, 6) is 1.43. The number of nitrogens with zero attached hydrogens (tertiary/aromatic N) is 1. The lowest BCUT2D eigenvalue weighted by atomic mass is 10.2. The van der Waals surface area contributed by atoms with Crippen LogP contribution in [0.5, 0.6) is 11.5 Å². The van der Waals surface area contributed by atoms with Crippen LogP contribution in [0.2, 0.25) is 0 Å². The highest BCUT2D eigenvalue weighted by molar-refractivity contribution is 7.13. The molecule has 3 rings (SSSR count). The summed E-state index contributed by atoms with van der Waals surface area (Å²) in [7, 11) is 0. The number of hydrogen-bond donors (Lipinski definition) is 2. The van der Waals surface area contributed by atoms with Crippen LogP contribution in [-0.2, 0) is 0 Å². The van der Waals surface area contributed by atoms with E-state index in [1.165, 1.54) is 11.3 Å². The van der Waals surface area contributed by atoms with Gasteiger partial charge >= 0.3 is 6.03 Å². The van der Waals surface area contributed by atoms with Gasteiger partial charge in [-0.05, 0) is 12.1 Å². The number of fused-ring (bicyclic) bond motifs is 1. The van der Waals surface area contributed by atoms with Crippen molar-refractivity contribution in [2.24, 2.45) is 0 Å². The Bertz CT molecular complexity index is 588. The topological polar surface area (TPSA) is 72.5 Å². The number of anilines is 1. The molecule has 7 heteroatoms. The summed E-state index contributed by atoms with van der Waals surface area (Å²) < 4.78 is 11.3. The van der Waals surface area contributed by atoms with Gasteiger partial charge in [0.2, 0.25) is 0 Å². The van der Waals surface area contributed by atoms with Crippen molar-refractivity contribution in [1.82, 2.24) is 10.3 Å². The van der Waals surface area contributed by atoms with Crippen LogP contribution < -0.4 is 20.1 Å². The highest BCUT2D eigenvalue weighted by Gasteiger charge is 2.21. The maximum absolute atomic E-state index is 11.6. The number of benzene rings is 1. The summed E-state index contributed by atoms with van der Waals surface area (Å²) in [5.41, 5.74) is 0. The summed E-state index contributed by atoms with van der Waals surface area (Å²) in [6, 6.07) is 7.17. The third-order valence-electron chi connectivity index (χ3n) is 2.71. The molecule has 0 unspecified atom stereocenters. The van der Waals surface area contributed by atoms with Gasteiger partial charge in [-0.3, -0.25) is 5.32 Å². The molecule has 1 aliphatic heterocycles. The minimum atomic E-state index is -0.303. The molecule has 0 aliphatic carbocycles. The standard InChI is InChI=1S/C13H13N3O3S/c17-12(16-13-14-5-6-20-13)15-7-9-8-18-10-3-1-2-4-11(10)19-9/h1-6,9H,7-8H2,(H2,14,15,16,17)/t9-/m0/s1. The van der Waals surface area contributed by atoms with E-state index in [-0.39, 0.29) is 12.1 Å². The van der Waals surface area contributed by atoms with Crippen molar-refractivity contribution in [1.29, 1.82) is 0 Å². The first kappa shape index (κ1) is 12.7. The second-order valence-corrected chi connectivity index (χ2v) is 5.06. The van der Waals surface area contributed by atoms with Gasteiger partial charge in [0.05, 0.1) is 6.54 Å². The third kappa shape index (κ3) is 3.00. The van der Waals surface area contributed by atoms with E-state index >= 15 is 0 Å². The van der Waals surface area contributed by atoms with Gasteiger partial charge in [-0.1, -0.05) is 12.1 Å². The summed E-state index contributed by atoms with van der Waals surface area (Å²) >= 11 is 1.36. The second kappa shape index (κ2) is 5.79. The lowest BCUT2D eigenvalue weighted by Gasteiger charge is -2.26. The number of thiazole rings is 1. The number of urea groups is 1. The number of hydrogen-bond acceptors (Lipinski definition) is 5.